The molecule has 1 aromatic rings. The van der Waals surface area contributed by atoms with Crippen molar-refractivity contribution in [3.8, 4) is 0 Å². The lowest BCUT2D eigenvalue weighted by Gasteiger charge is -2.18. The molecular weight excluding hydrogens is 256 g/mol. The molecule has 104 valence electrons. The summed E-state index contributed by atoms with van der Waals surface area (Å²) in [5.41, 5.74) is 5.37. The lowest BCUT2D eigenvalue weighted by Crippen LogP contribution is -2.43. The predicted octanol–water partition coefficient (Wildman–Crippen LogP) is 0.709. The molecule has 1 aromatic carbocycles. The summed E-state index contributed by atoms with van der Waals surface area (Å²) in [6.07, 6.45) is 0. The number of hydrogen-bond donors (Lipinski definition) is 2. The predicted molar refractivity (Wildman–Crippen MR) is 66.3 cm³/mol. The molecule has 0 heterocycles. The third-order valence-corrected chi connectivity index (χ3v) is 2.29. The molecule has 0 aliphatic heterocycles. The van der Waals surface area contributed by atoms with E-state index in [9.17, 15) is 18.4 Å². The van der Waals surface area contributed by atoms with Crippen LogP contribution < -0.4 is 11.1 Å². The van der Waals surface area contributed by atoms with E-state index in [1.54, 1.807) is 0 Å². The van der Waals surface area contributed by atoms with Crippen molar-refractivity contribution in [2.24, 2.45) is 5.73 Å². The largest absolute Gasteiger partial charge is 0.335 e. The number of hydrogen-bond acceptors (Lipinski definition) is 3. The van der Waals surface area contributed by atoms with E-state index in [1.165, 1.54) is 14.0 Å². The van der Waals surface area contributed by atoms with E-state index in [0.717, 1.165) is 17.0 Å². The molecule has 7 heteroatoms. The third kappa shape index (κ3) is 4.63. The molecule has 0 unspecified atom stereocenters. The number of nitrogens with two attached hydrogens (primary N) is 1. The van der Waals surface area contributed by atoms with E-state index in [2.05, 4.69) is 5.32 Å². The molecule has 0 saturated carbocycles. The Morgan fingerprint density at radius 3 is 2.32 bits per heavy atom. The van der Waals surface area contributed by atoms with Crippen molar-refractivity contribution in [2.45, 2.75) is 13.0 Å². The zero-order chi connectivity index (χ0) is 14.6. The Labute approximate surface area is 109 Å². The highest BCUT2D eigenvalue weighted by atomic mass is 19.1. The quantitative estimate of drug-likeness (QED) is 0.846. The molecule has 1 rings (SSSR count). The average Bonchev–Trinajstić information content (AvgIpc) is 2.25. The number of likely N-dealkylation sites (N-methyl/N-ethyl adjacent to an activating group) is 1. The molecule has 0 aliphatic carbocycles. The van der Waals surface area contributed by atoms with Crippen LogP contribution in [0.4, 0.5) is 14.5 Å². The van der Waals surface area contributed by atoms with Crippen LogP contribution in [0.2, 0.25) is 0 Å². The minimum Gasteiger partial charge on any atom is -0.335 e. The minimum absolute atomic E-state index is 0.0101. The summed E-state index contributed by atoms with van der Waals surface area (Å²) < 4.78 is 25.8. The summed E-state index contributed by atoms with van der Waals surface area (Å²) >= 11 is 0. The number of amides is 2. The summed E-state index contributed by atoms with van der Waals surface area (Å²) in [6, 6.07) is 1.94. The van der Waals surface area contributed by atoms with Gasteiger partial charge < -0.3 is 16.0 Å². The smallest absolute Gasteiger partial charge is 0.243 e. The van der Waals surface area contributed by atoms with Crippen LogP contribution in [0.5, 0.6) is 0 Å². The maximum atomic E-state index is 12.9. The number of carbonyl (C=O) groups is 2. The van der Waals surface area contributed by atoms with E-state index >= 15 is 0 Å². The van der Waals surface area contributed by atoms with Gasteiger partial charge in [0.05, 0.1) is 12.6 Å². The average molecular weight is 271 g/mol. The molecule has 0 saturated heterocycles. The van der Waals surface area contributed by atoms with Gasteiger partial charge in [0.1, 0.15) is 11.6 Å². The normalized spacial score (nSPS) is 11.8. The van der Waals surface area contributed by atoms with Gasteiger partial charge in [-0.3, -0.25) is 9.59 Å². The number of halogens is 2. The zero-order valence-electron chi connectivity index (χ0n) is 10.6. The van der Waals surface area contributed by atoms with Crippen molar-refractivity contribution in [1.29, 1.82) is 0 Å². The van der Waals surface area contributed by atoms with Crippen LogP contribution in [0.25, 0.3) is 0 Å². The number of benzene rings is 1. The Morgan fingerprint density at radius 1 is 1.32 bits per heavy atom. The van der Waals surface area contributed by atoms with Crippen LogP contribution in [-0.4, -0.2) is 36.3 Å². The van der Waals surface area contributed by atoms with Crippen molar-refractivity contribution >= 4 is 17.5 Å². The van der Waals surface area contributed by atoms with Gasteiger partial charge in [0, 0.05) is 18.8 Å². The lowest BCUT2D eigenvalue weighted by atomic mass is 10.3. The Balaban J connectivity index is 2.63. The first-order valence-corrected chi connectivity index (χ1v) is 5.56. The van der Waals surface area contributed by atoms with Gasteiger partial charge in [-0.25, -0.2) is 8.78 Å². The monoisotopic (exact) mass is 271 g/mol. The van der Waals surface area contributed by atoms with Crippen LogP contribution in [0.1, 0.15) is 6.92 Å². The van der Waals surface area contributed by atoms with Gasteiger partial charge in [-0.05, 0) is 19.1 Å². The molecule has 0 radical (unpaired) electrons. The van der Waals surface area contributed by atoms with Crippen LogP contribution >= 0.6 is 0 Å². The zero-order valence-corrected chi connectivity index (χ0v) is 10.6. The fourth-order valence-electron chi connectivity index (χ4n) is 1.47. The molecule has 1 atom stereocenters. The lowest BCUT2D eigenvalue weighted by molar-refractivity contribution is -0.134. The van der Waals surface area contributed by atoms with Crippen molar-refractivity contribution in [2.75, 3.05) is 18.9 Å². The topological polar surface area (TPSA) is 75.4 Å². The van der Waals surface area contributed by atoms with Crippen LogP contribution in [0, 0.1) is 11.6 Å². The van der Waals surface area contributed by atoms with Crippen molar-refractivity contribution in [1.82, 2.24) is 4.90 Å². The number of nitrogens with zero attached hydrogens (tertiary/aromatic N) is 1. The van der Waals surface area contributed by atoms with Gasteiger partial charge in [-0.1, -0.05) is 0 Å². The molecule has 0 spiro atoms. The molecule has 0 aliphatic rings. The minimum atomic E-state index is -0.796. The van der Waals surface area contributed by atoms with Gasteiger partial charge in [-0.2, -0.15) is 0 Å². The number of rotatable bonds is 4. The Hall–Kier alpha value is -2.02. The van der Waals surface area contributed by atoms with Gasteiger partial charge in [-0.15, -0.1) is 0 Å². The SMILES string of the molecule is C[C@@H](N)C(=O)N(C)CC(=O)Nc1cc(F)cc(F)c1. The van der Waals surface area contributed by atoms with Gasteiger partial charge >= 0.3 is 0 Å². The summed E-state index contributed by atoms with van der Waals surface area (Å²) in [4.78, 5) is 24.2. The number of carbonyl (C=O) groups excluding carboxylic acids is 2. The second-order valence-corrected chi connectivity index (χ2v) is 4.19. The Bertz CT molecular complexity index is 472. The van der Waals surface area contributed by atoms with E-state index in [-0.39, 0.29) is 12.2 Å². The molecule has 19 heavy (non-hydrogen) atoms. The van der Waals surface area contributed by atoms with Crippen LogP contribution in [-0.2, 0) is 9.59 Å². The highest BCUT2D eigenvalue weighted by Crippen LogP contribution is 2.12. The maximum absolute atomic E-state index is 12.9. The summed E-state index contributed by atoms with van der Waals surface area (Å²) in [5, 5.41) is 2.29. The van der Waals surface area contributed by atoms with Gasteiger partial charge in [0.2, 0.25) is 11.8 Å². The van der Waals surface area contributed by atoms with Crippen LogP contribution in [0.3, 0.4) is 0 Å². The first kappa shape index (κ1) is 15.0. The molecular formula is C12H15F2N3O2. The summed E-state index contributed by atoms with van der Waals surface area (Å²) in [5.74, 6) is -2.56. The van der Waals surface area contributed by atoms with Crippen molar-refractivity contribution in [3.63, 3.8) is 0 Å². The first-order chi connectivity index (χ1) is 8.79. The molecule has 0 fully saturated rings. The highest BCUT2D eigenvalue weighted by molar-refractivity contribution is 5.95. The van der Waals surface area contributed by atoms with E-state index in [0.29, 0.717) is 6.07 Å². The highest BCUT2D eigenvalue weighted by Gasteiger charge is 2.16. The van der Waals surface area contributed by atoms with E-state index in [4.69, 9.17) is 5.73 Å². The van der Waals surface area contributed by atoms with Crippen molar-refractivity contribution < 1.29 is 18.4 Å². The Morgan fingerprint density at radius 2 is 1.84 bits per heavy atom. The standard InChI is InChI=1S/C12H15F2N3O2/c1-7(15)12(19)17(2)6-11(18)16-10-4-8(13)3-9(14)5-10/h3-5,7H,6,15H2,1-2H3,(H,16,18)/t7-/m1/s1. The molecule has 3 N–H and O–H groups in total. The number of nitrogens with one attached hydrogen (secondary N) is 1. The molecule has 0 bridgehead atoms. The first-order valence-electron chi connectivity index (χ1n) is 5.56. The summed E-state index contributed by atoms with van der Waals surface area (Å²) in [6.45, 7) is 1.25. The van der Waals surface area contributed by atoms with Crippen LogP contribution in [0.15, 0.2) is 18.2 Å². The molecule has 0 aromatic heterocycles. The third-order valence-electron chi connectivity index (χ3n) is 2.29. The van der Waals surface area contributed by atoms with E-state index in [1.807, 2.05) is 0 Å². The van der Waals surface area contributed by atoms with Crippen molar-refractivity contribution in [3.05, 3.63) is 29.8 Å². The molecule has 5 nitrogen and oxygen atoms in total. The molecule has 2 amide bonds. The van der Waals surface area contributed by atoms with Gasteiger partial charge in [0.25, 0.3) is 0 Å². The van der Waals surface area contributed by atoms with Gasteiger partial charge in [0.15, 0.2) is 0 Å². The second kappa shape index (κ2) is 6.24. The fourth-order valence-corrected chi connectivity index (χ4v) is 1.47. The maximum Gasteiger partial charge on any atom is 0.243 e. The Kier molecular flexibility index (Phi) is 4.94. The van der Waals surface area contributed by atoms with E-state index < -0.39 is 29.5 Å². The summed E-state index contributed by atoms with van der Waals surface area (Å²) in [7, 11) is 1.41. The fraction of sp³-hybridized carbons (Fsp3) is 0.333. The second-order valence-electron chi connectivity index (χ2n) is 4.19. The number of anilines is 1.